The first-order valence-electron chi connectivity index (χ1n) is 9.24. The van der Waals surface area contributed by atoms with Gasteiger partial charge in [0.1, 0.15) is 17.2 Å². The van der Waals surface area contributed by atoms with Crippen molar-refractivity contribution >= 4 is 23.2 Å². The molecule has 1 atom stereocenters. The number of ether oxygens (including phenoxy) is 1. The van der Waals surface area contributed by atoms with Gasteiger partial charge in [-0.1, -0.05) is 26.0 Å². The lowest BCUT2D eigenvalue weighted by Gasteiger charge is -2.26. The Balaban J connectivity index is 1.75. The zero-order valence-electron chi connectivity index (χ0n) is 16.0. The van der Waals surface area contributed by atoms with E-state index in [2.05, 4.69) is 4.98 Å². The van der Waals surface area contributed by atoms with E-state index in [9.17, 15) is 14.0 Å². The highest BCUT2D eigenvalue weighted by molar-refractivity contribution is 7.11. The summed E-state index contributed by atoms with van der Waals surface area (Å²) in [5.41, 5.74) is 2.31. The van der Waals surface area contributed by atoms with Crippen LogP contribution in [0.1, 0.15) is 29.1 Å². The van der Waals surface area contributed by atoms with E-state index in [1.165, 1.54) is 34.6 Å². The van der Waals surface area contributed by atoms with Crippen molar-refractivity contribution in [2.45, 2.75) is 26.6 Å². The molecule has 2 amide bonds. The number of thiazole rings is 1. The molecule has 0 radical (unpaired) electrons. The predicted octanol–water partition coefficient (Wildman–Crippen LogP) is 2.81. The minimum Gasteiger partial charge on any atom is -0.370 e. The predicted molar refractivity (Wildman–Crippen MR) is 104 cm³/mol. The van der Waals surface area contributed by atoms with E-state index in [0.717, 1.165) is 0 Å². The molecule has 0 spiro atoms. The fourth-order valence-corrected chi connectivity index (χ4v) is 3.76. The lowest BCUT2D eigenvalue weighted by atomic mass is 10.2. The third kappa shape index (κ3) is 5.36. The van der Waals surface area contributed by atoms with Gasteiger partial charge in [0.05, 0.1) is 24.4 Å². The summed E-state index contributed by atoms with van der Waals surface area (Å²) in [7, 11) is 0. The molecule has 150 valence electrons. The van der Waals surface area contributed by atoms with E-state index in [1.807, 2.05) is 13.8 Å². The fraction of sp³-hybridized carbons (Fsp3) is 0.450. The highest BCUT2D eigenvalue weighted by atomic mass is 32.1. The van der Waals surface area contributed by atoms with Crippen LogP contribution in [0, 0.1) is 11.7 Å². The van der Waals surface area contributed by atoms with Crippen molar-refractivity contribution in [1.82, 2.24) is 14.8 Å². The molecule has 28 heavy (non-hydrogen) atoms. The number of halogens is 1. The van der Waals surface area contributed by atoms with Crippen LogP contribution in [-0.2, 0) is 16.1 Å². The van der Waals surface area contributed by atoms with Gasteiger partial charge in [0.25, 0.3) is 5.91 Å². The van der Waals surface area contributed by atoms with Crippen LogP contribution >= 0.6 is 11.3 Å². The lowest BCUT2D eigenvalue weighted by molar-refractivity contribution is -0.132. The second-order valence-electron chi connectivity index (χ2n) is 7.31. The monoisotopic (exact) mass is 405 g/mol. The van der Waals surface area contributed by atoms with Crippen LogP contribution in [0.4, 0.5) is 4.39 Å². The molecule has 2 aromatic rings. The first-order chi connectivity index (χ1) is 13.4. The Morgan fingerprint density at radius 3 is 2.89 bits per heavy atom. The first kappa shape index (κ1) is 20.4. The average Bonchev–Trinajstić information content (AvgIpc) is 3.13. The molecule has 0 aliphatic carbocycles. The molecule has 1 aromatic heterocycles. The number of carbonyl (C=O) groups excluding carboxylic acids is 2. The van der Waals surface area contributed by atoms with Gasteiger partial charge < -0.3 is 14.5 Å². The van der Waals surface area contributed by atoms with Crippen LogP contribution in [0.15, 0.2) is 36.0 Å². The molecule has 1 fully saturated rings. The summed E-state index contributed by atoms with van der Waals surface area (Å²) in [6.07, 6.45) is 1.15. The normalized spacial score (nSPS) is 17.9. The minimum atomic E-state index is -0.356. The molecule has 1 aliphatic rings. The van der Waals surface area contributed by atoms with E-state index in [-0.39, 0.29) is 36.9 Å². The van der Waals surface area contributed by atoms with Crippen LogP contribution < -0.4 is 0 Å². The Hall–Kier alpha value is -2.32. The fourth-order valence-electron chi connectivity index (χ4n) is 3.17. The molecule has 0 saturated carbocycles. The summed E-state index contributed by atoms with van der Waals surface area (Å²) in [6.45, 7) is 5.62. The van der Waals surface area contributed by atoms with Gasteiger partial charge in [-0.2, -0.15) is 0 Å². The molecule has 1 aromatic carbocycles. The molecule has 3 rings (SSSR count). The molecule has 2 heterocycles. The standard InChI is InChI=1S/C20H24FN3O3S/c1-14(2)8-23-9-17(27-12-15-4-3-5-16(21)6-15)10-24(11-19(23)25)20(26)18-7-22-13-28-18/h3-7,13-14,17H,8-12H2,1-2H3. The summed E-state index contributed by atoms with van der Waals surface area (Å²) in [4.78, 5) is 33.2. The van der Waals surface area contributed by atoms with Gasteiger partial charge in [0, 0.05) is 19.6 Å². The SMILES string of the molecule is CC(C)CN1CC(OCc2cccc(F)c2)CN(C(=O)c2cncs2)CC1=O. The summed E-state index contributed by atoms with van der Waals surface area (Å²) in [5.74, 6) is -0.331. The molecule has 0 bridgehead atoms. The Labute approximate surface area is 167 Å². The first-order valence-corrected chi connectivity index (χ1v) is 10.1. The maximum absolute atomic E-state index is 13.4. The van der Waals surface area contributed by atoms with Crippen molar-refractivity contribution in [3.8, 4) is 0 Å². The summed E-state index contributed by atoms with van der Waals surface area (Å²) >= 11 is 1.25. The molecular weight excluding hydrogens is 381 g/mol. The van der Waals surface area contributed by atoms with Crippen LogP contribution in [0.25, 0.3) is 0 Å². The van der Waals surface area contributed by atoms with E-state index in [1.54, 1.807) is 22.5 Å². The maximum Gasteiger partial charge on any atom is 0.266 e. The van der Waals surface area contributed by atoms with Gasteiger partial charge in [-0.3, -0.25) is 14.6 Å². The number of aromatic nitrogens is 1. The smallest absolute Gasteiger partial charge is 0.266 e. The van der Waals surface area contributed by atoms with Gasteiger partial charge in [0.2, 0.25) is 5.91 Å². The zero-order valence-corrected chi connectivity index (χ0v) is 16.8. The van der Waals surface area contributed by atoms with Crippen LogP contribution in [0.5, 0.6) is 0 Å². The highest BCUT2D eigenvalue weighted by Crippen LogP contribution is 2.17. The topological polar surface area (TPSA) is 62.7 Å². The van der Waals surface area contributed by atoms with Gasteiger partial charge in [-0.05, 0) is 23.6 Å². The Morgan fingerprint density at radius 2 is 2.21 bits per heavy atom. The van der Waals surface area contributed by atoms with Crippen molar-refractivity contribution in [3.05, 3.63) is 52.2 Å². The number of benzene rings is 1. The van der Waals surface area contributed by atoms with Crippen molar-refractivity contribution in [1.29, 1.82) is 0 Å². The molecular formula is C20H24FN3O3S. The van der Waals surface area contributed by atoms with E-state index in [0.29, 0.717) is 36.0 Å². The van der Waals surface area contributed by atoms with Gasteiger partial charge in [-0.25, -0.2) is 4.39 Å². The summed E-state index contributed by atoms with van der Waals surface area (Å²) < 4.78 is 19.4. The maximum atomic E-state index is 13.4. The second-order valence-corrected chi connectivity index (χ2v) is 8.19. The second kappa shape index (κ2) is 9.25. The van der Waals surface area contributed by atoms with Gasteiger partial charge in [0.15, 0.2) is 0 Å². The number of amides is 2. The average molecular weight is 405 g/mol. The Bertz CT molecular complexity index is 813. The number of carbonyl (C=O) groups is 2. The molecule has 0 N–H and O–H groups in total. The summed E-state index contributed by atoms with van der Waals surface area (Å²) in [6, 6.07) is 6.23. The van der Waals surface area contributed by atoms with Crippen molar-refractivity contribution in [3.63, 3.8) is 0 Å². The quantitative estimate of drug-likeness (QED) is 0.741. The number of hydrogen-bond donors (Lipinski definition) is 0. The molecule has 1 saturated heterocycles. The van der Waals surface area contributed by atoms with Gasteiger partial charge in [-0.15, -0.1) is 11.3 Å². The third-order valence-corrected chi connectivity index (χ3v) is 5.18. The van der Waals surface area contributed by atoms with Crippen molar-refractivity contribution < 1.29 is 18.7 Å². The number of nitrogens with zero attached hydrogens (tertiary/aromatic N) is 3. The number of hydrogen-bond acceptors (Lipinski definition) is 5. The van der Waals surface area contributed by atoms with Crippen LogP contribution in [-0.4, -0.2) is 58.9 Å². The summed E-state index contributed by atoms with van der Waals surface area (Å²) in [5, 5.41) is 0. The molecule has 8 heteroatoms. The third-order valence-electron chi connectivity index (χ3n) is 4.42. The molecule has 6 nitrogen and oxygen atoms in total. The van der Waals surface area contributed by atoms with Crippen molar-refractivity contribution in [2.75, 3.05) is 26.2 Å². The van der Waals surface area contributed by atoms with Crippen LogP contribution in [0.2, 0.25) is 0 Å². The minimum absolute atomic E-state index is 0.0171. The largest absolute Gasteiger partial charge is 0.370 e. The molecule has 1 unspecified atom stereocenters. The molecule has 1 aliphatic heterocycles. The highest BCUT2D eigenvalue weighted by Gasteiger charge is 2.32. The number of rotatable bonds is 6. The Kier molecular flexibility index (Phi) is 6.74. The Morgan fingerprint density at radius 1 is 1.39 bits per heavy atom. The van der Waals surface area contributed by atoms with E-state index in [4.69, 9.17) is 4.74 Å². The van der Waals surface area contributed by atoms with Crippen LogP contribution in [0.3, 0.4) is 0 Å². The van der Waals surface area contributed by atoms with Gasteiger partial charge >= 0.3 is 0 Å². The van der Waals surface area contributed by atoms with E-state index < -0.39 is 0 Å². The lowest BCUT2D eigenvalue weighted by Crippen LogP contribution is -2.40. The van der Waals surface area contributed by atoms with Crippen molar-refractivity contribution in [2.24, 2.45) is 5.92 Å². The zero-order chi connectivity index (χ0) is 20.1. The van der Waals surface area contributed by atoms with E-state index >= 15 is 0 Å².